The third kappa shape index (κ3) is 2.82. The molecule has 0 bridgehead atoms. The van der Waals surface area contributed by atoms with Gasteiger partial charge in [0, 0.05) is 12.2 Å². The molecule has 0 amide bonds. The van der Waals surface area contributed by atoms with E-state index in [0.717, 1.165) is 12.1 Å². The predicted octanol–water partition coefficient (Wildman–Crippen LogP) is 2.35. The van der Waals surface area contributed by atoms with Crippen molar-refractivity contribution in [2.24, 2.45) is 0 Å². The Balaban J connectivity index is 1.89. The Morgan fingerprint density at radius 3 is 2.89 bits per heavy atom. The topological polar surface area (TPSA) is 58.6 Å². The van der Waals surface area contributed by atoms with E-state index in [-0.39, 0.29) is 6.10 Å². The number of carboxylic acids is 1. The fraction of sp³-hybridized carbons (Fsp3) is 0.500. The van der Waals surface area contributed by atoms with Crippen molar-refractivity contribution in [3.63, 3.8) is 0 Å². The van der Waals surface area contributed by atoms with Gasteiger partial charge in [0.2, 0.25) is 0 Å². The average Bonchev–Trinajstić information content (AvgIpc) is 2.80. The van der Waals surface area contributed by atoms with Crippen LogP contribution in [0.2, 0.25) is 0 Å². The molecule has 0 spiro atoms. The Morgan fingerprint density at radius 2 is 2.22 bits per heavy atom. The zero-order valence-corrected chi connectivity index (χ0v) is 10.8. The highest BCUT2D eigenvalue weighted by atomic mass is 16.5. The van der Waals surface area contributed by atoms with Crippen LogP contribution >= 0.6 is 0 Å². The lowest BCUT2D eigenvalue weighted by Gasteiger charge is -2.15. The number of ether oxygens (including phenoxy) is 1. The average molecular weight is 249 g/mol. The van der Waals surface area contributed by atoms with Gasteiger partial charge in [-0.3, -0.25) is 0 Å². The highest BCUT2D eigenvalue weighted by Crippen LogP contribution is 2.22. The van der Waals surface area contributed by atoms with E-state index in [1.54, 1.807) is 0 Å². The molecule has 4 nitrogen and oxygen atoms in total. The Labute approximate surface area is 107 Å². The number of rotatable bonds is 4. The number of nitrogens with one attached hydrogen (secondary N) is 1. The molecule has 1 fully saturated rings. The van der Waals surface area contributed by atoms with Crippen LogP contribution < -0.4 is 5.32 Å². The van der Waals surface area contributed by atoms with Crippen molar-refractivity contribution in [2.75, 3.05) is 11.9 Å². The van der Waals surface area contributed by atoms with Crippen LogP contribution in [0.4, 0.5) is 5.69 Å². The third-order valence-electron chi connectivity index (χ3n) is 3.51. The molecule has 2 atom stereocenters. The quantitative estimate of drug-likeness (QED) is 0.860. The molecule has 98 valence electrons. The first-order chi connectivity index (χ1) is 8.58. The van der Waals surface area contributed by atoms with Crippen molar-refractivity contribution in [3.05, 3.63) is 29.3 Å². The van der Waals surface area contributed by atoms with Gasteiger partial charge in [-0.15, -0.1) is 0 Å². The molecule has 0 aliphatic carbocycles. The van der Waals surface area contributed by atoms with Gasteiger partial charge in [0.1, 0.15) is 0 Å². The maximum Gasteiger partial charge on any atom is 0.332 e. The molecule has 2 unspecified atom stereocenters. The van der Waals surface area contributed by atoms with Crippen molar-refractivity contribution in [2.45, 2.75) is 38.9 Å². The standard InChI is InChI=1S/C14H19NO3/c1-9-4-3-5-12(10(9)2)15-8-11-6-7-13(18-11)14(16)17/h3-5,11,13,15H,6-8H2,1-2H3,(H,16,17). The molecule has 1 aromatic rings. The number of benzene rings is 1. The molecule has 4 heteroatoms. The van der Waals surface area contributed by atoms with Gasteiger partial charge in [-0.2, -0.15) is 0 Å². The van der Waals surface area contributed by atoms with Gasteiger partial charge in [0.15, 0.2) is 6.10 Å². The van der Waals surface area contributed by atoms with Gasteiger partial charge in [-0.05, 0) is 43.9 Å². The molecule has 1 aliphatic heterocycles. The number of carbonyl (C=O) groups is 1. The summed E-state index contributed by atoms with van der Waals surface area (Å²) in [5.41, 5.74) is 3.57. The summed E-state index contributed by atoms with van der Waals surface area (Å²) in [4.78, 5) is 10.8. The van der Waals surface area contributed by atoms with Gasteiger partial charge in [-0.25, -0.2) is 4.79 Å². The van der Waals surface area contributed by atoms with Crippen molar-refractivity contribution < 1.29 is 14.6 Å². The van der Waals surface area contributed by atoms with Crippen LogP contribution in [-0.2, 0) is 9.53 Å². The van der Waals surface area contributed by atoms with Gasteiger partial charge in [-0.1, -0.05) is 12.1 Å². The van der Waals surface area contributed by atoms with Gasteiger partial charge < -0.3 is 15.2 Å². The minimum absolute atomic E-state index is 0.00832. The molecule has 2 N–H and O–H groups in total. The summed E-state index contributed by atoms with van der Waals surface area (Å²) in [5, 5.41) is 12.2. The highest BCUT2D eigenvalue weighted by Gasteiger charge is 2.30. The summed E-state index contributed by atoms with van der Waals surface area (Å²) < 4.78 is 5.45. The fourth-order valence-electron chi connectivity index (χ4n) is 2.20. The summed E-state index contributed by atoms with van der Waals surface area (Å²) in [5.74, 6) is -0.857. The van der Waals surface area contributed by atoms with Crippen LogP contribution in [0.15, 0.2) is 18.2 Å². The summed E-state index contributed by atoms with van der Waals surface area (Å²) in [6.07, 6.45) is 0.768. The van der Waals surface area contributed by atoms with Gasteiger partial charge >= 0.3 is 5.97 Å². The second kappa shape index (κ2) is 5.40. The van der Waals surface area contributed by atoms with Crippen molar-refractivity contribution in [1.29, 1.82) is 0 Å². The number of hydrogen-bond donors (Lipinski definition) is 2. The summed E-state index contributed by atoms with van der Waals surface area (Å²) >= 11 is 0. The molecule has 1 saturated heterocycles. The van der Waals surface area contributed by atoms with Crippen LogP contribution in [0.1, 0.15) is 24.0 Å². The van der Waals surface area contributed by atoms with Crippen molar-refractivity contribution >= 4 is 11.7 Å². The minimum Gasteiger partial charge on any atom is -0.479 e. The SMILES string of the molecule is Cc1cccc(NCC2CCC(C(=O)O)O2)c1C. The molecule has 18 heavy (non-hydrogen) atoms. The fourth-order valence-corrected chi connectivity index (χ4v) is 2.20. The first kappa shape index (κ1) is 12.9. The zero-order valence-electron chi connectivity index (χ0n) is 10.8. The van der Waals surface area contributed by atoms with Crippen LogP contribution in [0, 0.1) is 13.8 Å². The number of anilines is 1. The van der Waals surface area contributed by atoms with E-state index in [2.05, 4.69) is 25.2 Å². The number of aryl methyl sites for hydroxylation is 1. The van der Waals surface area contributed by atoms with Gasteiger partial charge in [0.25, 0.3) is 0 Å². The molecular weight excluding hydrogens is 230 g/mol. The second-order valence-electron chi connectivity index (χ2n) is 4.79. The third-order valence-corrected chi connectivity index (χ3v) is 3.51. The number of aliphatic carboxylic acids is 1. The smallest absolute Gasteiger partial charge is 0.332 e. The lowest BCUT2D eigenvalue weighted by molar-refractivity contribution is -0.149. The van der Waals surface area contributed by atoms with Crippen LogP contribution in [0.3, 0.4) is 0 Å². The maximum absolute atomic E-state index is 10.8. The number of carboxylic acid groups (broad SMARTS) is 1. The van der Waals surface area contributed by atoms with Gasteiger partial charge in [0.05, 0.1) is 6.10 Å². The van der Waals surface area contributed by atoms with E-state index in [4.69, 9.17) is 9.84 Å². The maximum atomic E-state index is 10.8. The largest absolute Gasteiger partial charge is 0.479 e. The van der Waals surface area contributed by atoms with E-state index in [1.807, 2.05) is 12.1 Å². The lowest BCUT2D eigenvalue weighted by Crippen LogP contribution is -2.24. The van der Waals surface area contributed by atoms with Crippen LogP contribution in [0.5, 0.6) is 0 Å². The second-order valence-corrected chi connectivity index (χ2v) is 4.79. The molecule has 0 radical (unpaired) electrons. The molecule has 0 aromatic heterocycles. The van der Waals surface area contributed by atoms with Crippen molar-refractivity contribution in [1.82, 2.24) is 0 Å². The minimum atomic E-state index is -0.857. The van der Waals surface area contributed by atoms with E-state index in [1.165, 1.54) is 11.1 Å². The Kier molecular flexibility index (Phi) is 3.87. The zero-order chi connectivity index (χ0) is 13.1. The first-order valence-electron chi connectivity index (χ1n) is 6.26. The Bertz CT molecular complexity index is 445. The van der Waals surface area contributed by atoms with E-state index < -0.39 is 12.1 Å². The molecular formula is C14H19NO3. The lowest BCUT2D eigenvalue weighted by atomic mass is 10.1. The van der Waals surface area contributed by atoms with Crippen LogP contribution in [-0.4, -0.2) is 29.8 Å². The van der Waals surface area contributed by atoms with Crippen LogP contribution in [0.25, 0.3) is 0 Å². The number of hydrogen-bond acceptors (Lipinski definition) is 3. The van der Waals surface area contributed by atoms with Crippen molar-refractivity contribution in [3.8, 4) is 0 Å². The normalized spacial score (nSPS) is 23.0. The summed E-state index contributed by atoms with van der Waals surface area (Å²) in [7, 11) is 0. The molecule has 1 heterocycles. The first-order valence-corrected chi connectivity index (χ1v) is 6.26. The molecule has 2 rings (SSSR count). The van der Waals surface area contributed by atoms with E-state index >= 15 is 0 Å². The predicted molar refractivity (Wildman–Crippen MR) is 69.9 cm³/mol. The van der Waals surface area contributed by atoms with E-state index in [9.17, 15) is 4.79 Å². The van der Waals surface area contributed by atoms with E-state index in [0.29, 0.717) is 13.0 Å². The Hall–Kier alpha value is -1.55. The summed E-state index contributed by atoms with van der Waals surface area (Å²) in [6.45, 7) is 4.81. The molecule has 0 saturated carbocycles. The Morgan fingerprint density at radius 1 is 1.44 bits per heavy atom. The molecule has 1 aliphatic rings. The monoisotopic (exact) mass is 249 g/mol. The highest BCUT2D eigenvalue weighted by molar-refractivity contribution is 5.72. The summed E-state index contributed by atoms with van der Waals surface area (Å²) in [6, 6.07) is 6.12. The molecule has 1 aromatic carbocycles.